The maximum absolute atomic E-state index is 5.61. The molecule has 3 aromatic rings. The van der Waals surface area contributed by atoms with E-state index in [1.807, 2.05) is 30.5 Å². The van der Waals surface area contributed by atoms with Gasteiger partial charge in [-0.05, 0) is 6.07 Å². The minimum absolute atomic E-state index is 0. The summed E-state index contributed by atoms with van der Waals surface area (Å²) in [7, 11) is 0. The Morgan fingerprint density at radius 3 is 2.73 bits per heavy atom. The number of nitrogen functional groups attached to an aromatic ring is 1. The van der Waals surface area contributed by atoms with Crippen molar-refractivity contribution in [2.75, 3.05) is 5.73 Å². The fourth-order valence-corrected chi connectivity index (χ4v) is 1.76. The first-order chi connectivity index (χ1) is 6.84. The lowest BCUT2D eigenvalue weighted by Gasteiger charge is -1.91. The number of hydrogen-bond acceptors (Lipinski definition) is 2. The van der Waals surface area contributed by atoms with Crippen molar-refractivity contribution >= 4 is 40.0 Å². The van der Waals surface area contributed by atoms with E-state index in [1.165, 1.54) is 5.39 Å². The molecule has 0 aliphatic rings. The lowest BCUT2D eigenvalue weighted by atomic mass is 10.2. The molecule has 3 N–H and O–H groups in total. The van der Waals surface area contributed by atoms with Gasteiger partial charge in [0.1, 0.15) is 5.82 Å². The fraction of sp³-hybridized carbons (Fsp3) is 0. The number of aromatic amines is 1. The summed E-state index contributed by atoms with van der Waals surface area (Å²) in [5.41, 5.74) is 7.78. The molecule has 0 bridgehead atoms. The van der Waals surface area contributed by atoms with Crippen LogP contribution in [0.4, 0.5) is 5.82 Å². The first-order valence-corrected chi connectivity index (χ1v) is 4.46. The average Bonchev–Trinajstić information content (AvgIpc) is 2.54. The minimum Gasteiger partial charge on any atom is -0.384 e. The van der Waals surface area contributed by atoms with E-state index in [0.29, 0.717) is 5.82 Å². The first-order valence-electron chi connectivity index (χ1n) is 4.46. The number of aromatic nitrogens is 2. The summed E-state index contributed by atoms with van der Waals surface area (Å²) < 4.78 is 0. The molecule has 2 heterocycles. The van der Waals surface area contributed by atoms with Crippen molar-refractivity contribution < 1.29 is 0 Å². The van der Waals surface area contributed by atoms with E-state index in [1.54, 1.807) is 0 Å². The van der Waals surface area contributed by atoms with Crippen molar-refractivity contribution in [1.29, 1.82) is 0 Å². The highest BCUT2D eigenvalue weighted by Gasteiger charge is 2.03. The van der Waals surface area contributed by atoms with Crippen molar-refractivity contribution in [3.63, 3.8) is 0 Å². The van der Waals surface area contributed by atoms with E-state index in [0.717, 1.165) is 16.4 Å². The number of H-pyrrole nitrogens is 1. The summed E-state index contributed by atoms with van der Waals surface area (Å²) in [6.45, 7) is 0. The lowest BCUT2D eigenvalue weighted by Crippen LogP contribution is -1.87. The van der Waals surface area contributed by atoms with Crippen molar-refractivity contribution in [2.24, 2.45) is 0 Å². The van der Waals surface area contributed by atoms with E-state index in [2.05, 4.69) is 16.0 Å². The van der Waals surface area contributed by atoms with Gasteiger partial charge in [0, 0.05) is 28.6 Å². The monoisotopic (exact) mass is 219 g/mol. The standard InChI is InChI=1S/C11H9N3.ClH/c12-11-5-10-8(6-13-11)7-3-1-2-4-9(7)14-10;/h1-6,14H,(H2,12,13);1H. The van der Waals surface area contributed by atoms with Gasteiger partial charge < -0.3 is 10.7 Å². The van der Waals surface area contributed by atoms with Crippen LogP contribution >= 0.6 is 12.4 Å². The minimum atomic E-state index is 0. The zero-order chi connectivity index (χ0) is 9.54. The molecule has 0 atom stereocenters. The summed E-state index contributed by atoms with van der Waals surface area (Å²) >= 11 is 0. The summed E-state index contributed by atoms with van der Waals surface area (Å²) in [6.07, 6.45) is 1.81. The average molecular weight is 220 g/mol. The van der Waals surface area contributed by atoms with Crippen LogP contribution in [0.5, 0.6) is 0 Å². The van der Waals surface area contributed by atoms with Gasteiger partial charge in [-0.25, -0.2) is 4.98 Å². The van der Waals surface area contributed by atoms with Gasteiger partial charge in [-0.15, -0.1) is 12.4 Å². The smallest absolute Gasteiger partial charge is 0.125 e. The number of anilines is 1. The molecular formula is C11H10ClN3. The second-order valence-electron chi connectivity index (χ2n) is 3.33. The molecule has 0 spiro atoms. The van der Waals surface area contributed by atoms with Gasteiger partial charge in [-0.2, -0.15) is 0 Å². The quantitative estimate of drug-likeness (QED) is 0.611. The van der Waals surface area contributed by atoms with Crippen LogP contribution in [-0.4, -0.2) is 9.97 Å². The molecule has 15 heavy (non-hydrogen) atoms. The molecule has 3 rings (SSSR count). The molecular weight excluding hydrogens is 210 g/mol. The Bertz CT molecular complexity index is 615. The van der Waals surface area contributed by atoms with E-state index >= 15 is 0 Å². The summed E-state index contributed by atoms with van der Waals surface area (Å²) in [5, 5.41) is 2.31. The molecule has 1 aromatic carbocycles. The molecule has 4 heteroatoms. The summed E-state index contributed by atoms with van der Waals surface area (Å²) in [4.78, 5) is 7.39. The number of rotatable bonds is 0. The highest BCUT2D eigenvalue weighted by atomic mass is 35.5. The molecule has 0 aliphatic heterocycles. The van der Waals surface area contributed by atoms with Gasteiger partial charge in [-0.3, -0.25) is 0 Å². The highest BCUT2D eigenvalue weighted by Crippen LogP contribution is 2.24. The molecule has 0 radical (unpaired) electrons. The number of benzene rings is 1. The summed E-state index contributed by atoms with van der Waals surface area (Å²) in [5.74, 6) is 0.545. The molecule has 0 fully saturated rings. The number of fused-ring (bicyclic) bond motifs is 3. The predicted molar refractivity (Wildman–Crippen MR) is 65.3 cm³/mol. The van der Waals surface area contributed by atoms with E-state index in [9.17, 15) is 0 Å². The Morgan fingerprint density at radius 1 is 1.07 bits per heavy atom. The van der Waals surface area contributed by atoms with Crippen LogP contribution in [-0.2, 0) is 0 Å². The van der Waals surface area contributed by atoms with Crippen molar-refractivity contribution in [3.05, 3.63) is 36.5 Å². The van der Waals surface area contributed by atoms with Gasteiger partial charge in [0.25, 0.3) is 0 Å². The van der Waals surface area contributed by atoms with Crippen LogP contribution in [0.1, 0.15) is 0 Å². The molecule has 3 nitrogen and oxygen atoms in total. The number of nitrogens with two attached hydrogens (primary N) is 1. The second-order valence-corrected chi connectivity index (χ2v) is 3.33. The lowest BCUT2D eigenvalue weighted by molar-refractivity contribution is 1.37. The Labute approximate surface area is 92.7 Å². The third-order valence-corrected chi connectivity index (χ3v) is 2.41. The van der Waals surface area contributed by atoms with Crippen LogP contribution in [0.2, 0.25) is 0 Å². The maximum Gasteiger partial charge on any atom is 0.125 e. The number of para-hydroxylation sites is 1. The third kappa shape index (κ3) is 1.41. The molecule has 76 valence electrons. The van der Waals surface area contributed by atoms with Gasteiger partial charge in [-0.1, -0.05) is 18.2 Å². The molecule has 0 saturated carbocycles. The van der Waals surface area contributed by atoms with Gasteiger partial charge in [0.05, 0.1) is 5.52 Å². The van der Waals surface area contributed by atoms with Crippen LogP contribution in [0.3, 0.4) is 0 Å². The second kappa shape index (κ2) is 3.44. The zero-order valence-corrected chi connectivity index (χ0v) is 8.71. The summed E-state index contributed by atoms with van der Waals surface area (Å²) in [6, 6.07) is 10.0. The topological polar surface area (TPSA) is 54.7 Å². The first kappa shape index (κ1) is 9.80. The largest absolute Gasteiger partial charge is 0.384 e. The Kier molecular flexibility index (Phi) is 2.25. The Hall–Kier alpha value is -1.74. The molecule has 0 amide bonds. The number of halogens is 1. The Balaban J connectivity index is 0.000000853. The fourth-order valence-electron chi connectivity index (χ4n) is 1.76. The predicted octanol–water partition coefficient (Wildman–Crippen LogP) is 2.72. The van der Waals surface area contributed by atoms with Gasteiger partial charge in [0.2, 0.25) is 0 Å². The normalized spacial score (nSPS) is 10.4. The zero-order valence-electron chi connectivity index (χ0n) is 7.90. The number of nitrogens with zero attached hydrogens (tertiary/aromatic N) is 1. The molecule has 0 saturated heterocycles. The maximum atomic E-state index is 5.61. The van der Waals surface area contributed by atoms with Crippen LogP contribution in [0.15, 0.2) is 36.5 Å². The Morgan fingerprint density at radius 2 is 1.87 bits per heavy atom. The van der Waals surface area contributed by atoms with Crippen LogP contribution in [0.25, 0.3) is 21.8 Å². The number of hydrogen-bond donors (Lipinski definition) is 2. The van der Waals surface area contributed by atoms with Crippen LogP contribution < -0.4 is 5.73 Å². The van der Waals surface area contributed by atoms with Crippen molar-refractivity contribution in [2.45, 2.75) is 0 Å². The molecule has 2 aromatic heterocycles. The van der Waals surface area contributed by atoms with Gasteiger partial charge >= 0.3 is 0 Å². The van der Waals surface area contributed by atoms with Crippen LogP contribution in [0, 0.1) is 0 Å². The molecule has 0 aliphatic carbocycles. The SMILES string of the molecule is Cl.Nc1cc2[nH]c3ccccc3c2cn1. The number of nitrogens with one attached hydrogen (secondary N) is 1. The van der Waals surface area contributed by atoms with Crippen molar-refractivity contribution in [1.82, 2.24) is 9.97 Å². The highest BCUT2D eigenvalue weighted by molar-refractivity contribution is 6.07. The van der Waals surface area contributed by atoms with E-state index in [4.69, 9.17) is 5.73 Å². The van der Waals surface area contributed by atoms with E-state index < -0.39 is 0 Å². The molecule has 0 unspecified atom stereocenters. The van der Waals surface area contributed by atoms with Crippen molar-refractivity contribution in [3.8, 4) is 0 Å². The number of pyridine rings is 1. The third-order valence-electron chi connectivity index (χ3n) is 2.41. The van der Waals surface area contributed by atoms with E-state index in [-0.39, 0.29) is 12.4 Å². The van der Waals surface area contributed by atoms with Gasteiger partial charge in [0.15, 0.2) is 0 Å².